The Balaban J connectivity index is 2.51. The second-order valence-corrected chi connectivity index (χ2v) is 5.69. The summed E-state index contributed by atoms with van der Waals surface area (Å²) < 4.78 is 7.39. The molecule has 1 rings (SSSR count). The highest BCUT2D eigenvalue weighted by Crippen LogP contribution is 2.14. The van der Waals surface area contributed by atoms with Crippen molar-refractivity contribution in [1.29, 1.82) is 0 Å². The predicted octanol–water partition coefficient (Wildman–Crippen LogP) is 2.89. The Morgan fingerprint density at radius 1 is 1.41 bits per heavy atom. The van der Waals surface area contributed by atoms with Crippen molar-refractivity contribution in [3.63, 3.8) is 0 Å². The van der Waals surface area contributed by atoms with Crippen molar-refractivity contribution in [2.75, 3.05) is 33.4 Å². The first-order valence-electron chi connectivity index (χ1n) is 7.96. The van der Waals surface area contributed by atoms with Gasteiger partial charge in [-0.1, -0.05) is 11.6 Å². The van der Waals surface area contributed by atoms with Gasteiger partial charge in [-0.15, -0.1) is 0 Å². The summed E-state index contributed by atoms with van der Waals surface area (Å²) in [6, 6.07) is 1.99. The molecule has 0 spiro atoms. The molecule has 0 saturated heterocycles. The Hall–Kier alpha value is -1.20. The lowest BCUT2D eigenvalue weighted by Gasteiger charge is -2.22. The standard InChI is InChI=1S/C16H29ClN4O/c1-5-18-16(19-9-7-8-10-22-6-2)21(4)13-15-11-14(17)12-20(15)3/h11-12H,5-10,13H2,1-4H3,(H,18,19). The first-order valence-corrected chi connectivity index (χ1v) is 8.34. The molecule has 5 nitrogen and oxygen atoms in total. The van der Waals surface area contributed by atoms with Crippen LogP contribution in [0.5, 0.6) is 0 Å². The summed E-state index contributed by atoms with van der Waals surface area (Å²) >= 11 is 6.04. The maximum Gasteiger partial charge on any atom is 0.194 e. The number of aryl methyl sites for hydroxylation is 1. The van der Waals surface area contributed by atoms with E-state index in [4.69, 9.17) is 16.3 Å². The van der Waals surface area contributed by atoms with E-state index >= 15 is 0 Å². The van der Waals surface area contributed by atoms with Gasteiger partial charge in [-0.2, -0.15) is 0 Å². The molecule has 22 heavy (non-hydrogen) atoms. The summed E-state index contributed by atoms with van der Waals surface area (Å²) in [5.74, 6) is 0.927. The second-order valence-electron chi connectivity index (χ2n) is 5.26. The van der Waals surface area contributed by atoms with Crippen LogP contribution in [0.15, 0.2) is 17.3 Å². The molecular weight excluding hydrogens is 300 g/mol. The molecule has 0 fully saturated rings. The molecule has 0 bridgehead atoms. The van der Waals surface area contributed by atoms with Crippen LogP contribution in [0.25, 0.3) is 0 Å². The number of halogens is 1. The number of nitrogens with one attached hydrogen (secondary N) is 1. The van der Waals surface area contributed by atoms with E-state index in [1.807, 2.05) is 37.8 Å². The predicted molar refractivity (Wildman–Crippen MR) is 93.6 cm³/mol. The van der Waals surface area contributed by atoms with E-state index in [1.165, 1.54) is 0 Å². The summed E-state index contributed by atoms with van der Waals surface area (Å²) in [4.78, 5) is 6.80. The Labute approximate surface area is 139 Å². The number of hydrogen-bond acceptors (Lipinski definition) is 2. The summed E-state index contributed by atoms with van der Waals surface area (Å²) in [6.07, 6.45) is 4.01. The summed E-state index contributed by atoms with van der Waals surface area (Å²) in [5.41, 5.74) is 1.16. The van der Waals surface area contributed by atoms with E-state index < -0.39 is 0 Å². The Morgan fingerprint density at radius 2 is 2.18 bits per heavy atom. The van der Waals surface area contributed by atoms with E-state index in [0.29, 0.717) is 0 Å². The molecule has 0 aliphatic heterocycles. The molecule has 6 heteroatoms. The number of guanidine groups is 1. The fraction of sp³-hybridized carbons (Fsp3) is 0.688. The van der Waals surface area contributed by atoms with Crippen molar-refractivity contribution in [2.45, 2.75) is 33.2 Å². The number of nitrogens with zero attached hydrogens (tertiary/aromatic N) is 3. The van der Waals surface area contributed by atoms with Gasteiger partial charge in [0.25, 0.3) is 0 Å². The molecule has 0 saturated carbocycles. The minimum atomic E-state index is 0.767. The van der Waals surface area contributed by atoms with E-state index in [0.717, 1.165) is 62.4 Å². The van der Waals surface area contributed by atoms with Crippen LogP contribution in [0, 0.1) is 0 Å². The van der Waals surface area contributed by atoms with E-state index in [9.17, 15) is 0 Å². The zero-order chi connectivity index (χ0) is 16.4. The average Bonchev–Trinajstić information content (AvgIpc) is 2.79. The van der Waals surface area contributed by atoms with Crippen molar-refractivity contribution in [3.8, 4) is 0 Å². The van der Waals surface area contributed by atoms with E-state index in [2.05, 4.69) is 22.1 Å². The van der Waals surface area contributed by atoms with Crippen LogP contribution in [0.2, 0.25) is 5.02 Å². The van der Waals surface area contributed by atoms with E-state index in [-0.39, 0.29) is 0 Å². The Bertz CT molecular complexity index is 459. The Morgan fingerprint density at radius 3 is 2.77 bits per heavy atom. The van der Waals surface area contributed by atoms with Gasteiger partial charge in [-0.3, -0.25) is 4.99 Å². The third kappa shape index (κ3) is 6.71. The number of rotatable bonds is 9. The zero-order valence-corrected chi connectivity index (χ0v) is 15.0. The molecule has 126 valence electrons. The fourth-order valence-electron chi connectivity index (χ4n) is 2.16. The van der Waals surface area contributed by atoms with Gasteiger partial charge in [0.1, 0.15) is 0 Å². The highest BCUT2D eigenvalue weighted by Gasteiger charge is 2.09. The van der Waals surface area contributed by atoms with Crippen LogP contribution in [0.4, 0.5) is 0 Å². The molecule has 0 amide bonds. The van der Waals surface area contributed by atoms with E-state index in [1.54, 1.807) is 0 Å². The molecule has 0 unspecified atom stereocenters. The third-order valence-electron chi connectivity index (χ3n) is 3.33. The highest BCUT2D eigenvalue weighted by atomic mass is 35.5. The molecule has 0 atom stereocenters. The van der Waals surface area contributed by atoms with Gasteiger partial charge >= 0.3 is 0 Å². The fourth-order valence-corrected chi connectivity index (χ4v) is 2.43. The largest absolute Gasteiger partial charge is 0.382 e. The quantitative estimate of drug-likeness (QED) is 0.430. The van der Waals surface area contributed by atoms with Gasteiger partial charge in [0.05, 0.1) is 11.6 Å². The number of aromatic nitrogens is 1. The molecule has 0 aliphatic rings. The van der Waals surface area contributed by atoms with Gasteiger partial charge in [0.15, 0.2) is 5.96 Å². The lowest BCUT2D eigenvalue weighted by Crippen LogP contribution is -2.38. The normalized spacial score (nSPS) is 11.8. The first-order chi connectivity index (χ1) is 10.6. The maximum atomic E-state index is 6.04. The molecule has 0 aromatic carbocycles. The SMILES string of the molecule is CCNC(=NCCCCOCC)N(C)Cc1cc(Cl)cn1C. The summed E-state index contributed by atoms with van der Waals surface area (Å²) in [6.45, 7) is 8.15. The minimum absolute atomic E-state index is 0.767. The first kappa shape index (κ1) is 18.8. The van der Waals surface area contributed by atoms with Crippen molar-refractivity contribution in [3.05, 3.63) is 23.0 Å². The van der Waals surface area contributed by atoms with Gasteiger partial charge in [-0.05, 0) is 32.8 Å². The van der Waals surface area contributed by atoms with Crippen LogP contribution >= 0.6 is 11.6 Å². The number of ether oxygens (including phenoxy) is 1. The molecule has 0 aliphatic carbocycles. The smallest absolute Gasteiger partial charge is 0.194 e. The lowest BCUT2D eigenvalue weighted by atomic mass is 10.3. The van der Waals surface area contributed by atoms with Gasteiger partial charge in [0.2, 0.25) is 0 Å². The average molecular weight is 329 g/mol. The monoisotopic (exact) mass is 328 g/mol. The molecule has 1 aromatic heterocycles. The molecule has 1 heterocycles. The van der Waals surface area contributed by atoms with Gasteiger partial charge in [-0.25, -0.2) is 0 Å². The highest BCUT2D eigenvalue weighted by molar-refractivity contribution is 6.30. The van der Waals surface area contributed by atoms with Crippen LogP contribution < -0.4 is 5.32 Å². The third-order valence-corrected chi connectivity index (χ3v) is 3.54. The minimum Gasteiger partial charge on any atom is -0.382 e. The maximum absolute atomic E-state index is 6.04. The van der Waals surface area contributed by atoms with Crippen LogP contribution in [0.1, 0.15) is 32.4 Å². The van der Waals surface area contributed by atoms with Crippen molar-refractivity contribution in [1.82, 2.24) is 14.8 Å². The van der Waals surface area contributed by atoms with Gasteiger partial charge in [0, 0.05) is 52.3 Å². The number of unbranched alkanes of at least 4 members (excludes halogenated alkanes) is 1. The number of hydrogen-bond donors (Lipinski definition) is 1. The van der Waals surface area contributed by atoms with Crippen molar-refractivity contribution < 1.29 is 4.74 Å². The molecule has 1 aromatic rings. The zero-order valence-electron chi connectivity index (χ0n) is 14.2. The molecule has 1 N–H and O–H groups in total. The van der Waals surface area contributed by atoms with Crippen LogP contribution in [-0.2, 0) is 18.3 Å². The second kappa shape index (κ2) is 10.5. The number of aliphatic imine (C=N–C) groups is 1. The lowest BCUT2D eigenvalue weighted by molar-refractivity contribution is 0.144. The van der Waals surface area contributed by atoms with Crippen LogP contribution in [0.3, 0.4) is 0 Å². The Kier molecular flexibility index (Phi) is 9.01. The summed E-state index contributed by atoms with van der Waals surface area (Å²) in [5, 5.41) is 4.10. The molecule has 0 radical (unpaired) electrons. The van der Waals surface area contributed by atoms with Crippen molar-refractivity contribution in [2.24, 2.45) is 12.0 Å². The topological polar surface area (TPSA) is 41.8 Å². The van der Waals surface area contributed by atoms with Gasteiger partial charge < -0.3 is 19.5 Å². The van der Waals surface area contributed by atoms with Crippen molar-refractivity contribution >= 4 is 17.6 Å². The summed E-state index contributed by atoms with van der Waals surface area (Å²) in [7, 11) is 4.05. The molecular formula is C16H29ClN4O. The van der Waals surface area contributed by atoms with Crippen LogP contribution in [-0.4, -0.2) is 48.8 Å².